The monoisotopic (exact) mass is 310 g/mol. The standard InChI is InChI=1S/C18H18N2O3/c21-17(12-23-18(22)14-7-4-10-19-11-14)20-16-9-3-6-13-5-1-2-8-15(13)16/h1-2,4-5,7-8,10-11,16H,3,6,9,12H2,(H,20,21)/t16-/m1/s1. The molecule has 1 amide bonds. The van der Waals surface area contributed by atoms with Gasteiger partial charge in [0, 0.05) is 12.4 Å². The zero-order valence-electron chi connectivity index (χ0n) is 12.7. The van der Waals surface area contributed by atoms with Crippen molar-refractivity contribution in [3.05, 3.63) is 65.5 Å². The second-order valence-corrected chi connectivity index (χ2v) is 5.53. The molecule has 1 aliphatic carbocycles. The lowest BCUT2D eigenvalue weighted by molar-refractivity contribution is -0.125. The number of benzene rings is 1. The fourth-order valence-electron chi connectivity index (χ4n) is 2.84. The number of pyridine rings is 1. The quantitative estimate of drug-likeness (QED) is 0.881. The third-order valence-corrected chi connectivity index (χ3v) is 3.94. The number of rotatable bonds is 4. The number of esters is 1. The van der Waals surface area contributed by atoms with E-state index < -0.39 is 5.97 Å². The Bertz CT molecular complexity index is 700. The van der Waals surface area contributed by atoms with Gasteiger partial charge in [0.2, 0.25) is 0 Å². The summed E-state index contributed by atoms with van der Waals surface area (Å²) in [6.45, 7) is -0.285. The van der Waals surface area contributed by atoms with E-state index in [1.165, 1.54) is 11.8 Å². The number of hydrogen-bond donors (Lipinski definition) is 1. The second-order valence-electron chi connectivity index (χ2n) is 5.53. The van der Waals surface area contributed by atoms with Crippen LogP contribution in [-0.4, -0.2) is 23.5 Å². The van der Waals surface area contributed by atoms with E-state index in [1.54, 1.807) is 18.3 Å². The van der Waals surface area contributed by atoms with Crippen molar-refractivity contribution in [2.45, 2.75) is 25.3 Å². The van der Waals surface area contributed by atoms with E-state index in [-0.39, 0.29) is 18.6 Å². The molecular weight excluding hydrogens is 292 g/mol. The van der Waals surface area contributed by atoms with Crippen LogP contribution in [0.2, 0.25) is 0 Å². The molecule has 1 aromatic carbocycles. The maximum Gasteiger partial charge on any atom is 0.340 e. The predicted octanol–water partition coefficient (Wildman–Crippen LogP) is 2.43. The maximum atomic E-state index is 12.1. The highest BCUT2D eigenvalue weighted by Gasteiger charge is 2.21. The van der Waals surface area contributed by atoms with E-state index >= 15 is 0 Å². The van der Waals surface area contributed by atoms with Crippen LogP contribution in [0.5, 0.6) is 0 Å². The minimum Gasteiger partial charge on any atom is -0.452 e. The van der Waals surface area contributed by atoms with Gasteiger partial charge in [-0.05, 0) is 42.5 Å². The molecule has 1 atom stereocenters. The Morgan fingerprint density at radius 2 is 2.09 bits per heavy atom. The Morgan fingerprint density at radius 1 is 1.22 bits per heavy atom. The van der Waals surface area contributed by atoms with Gasteiger partial charge in [-0.1, -0.05) is 24.3 Å². The third kappa shape index (κ3) is 3.74. The number of carbonyl (C=O) groups is 2. The minimum atomic E-state index is -0.544. The second kappa shape index (κ2) is 7.05. The number of fused-ring (bicyclic) bond motifs is 1. The van der Waals surface area contributed by atoms with Crippen molar-refractivity contribution in [1.82, 2.24) is 10.3 Å². The summed E-state index contributed by atoms with van der Waals surface area (Å²) < 4.78 is 5.03. The van der Waals surface area contributed by atoms with Gasteiger partial charge in [-0.25, -0.2) is 4.79 Å². The van der Waals surface area contributed by atoms with Crippen LogP contribution in [-0.2, 0) is 16.0 Å². The molecule has 0 bridgehead atoms. The molecule has 5 nitrogen and oxygen atoms in total. The summed E-state index contributed by atoms with van der Waals surface area (Å²) in [5.41, 5.74) is 2.77. The molecule has 1 heterocycles. The molecule has 1 N–H and O–H groups in total. The van der Waals surface area contributed by atoms with E-state index in [9.17, 15) is 9.59 Å². The van der Waals surface area contributed by atoms with Crippen LogP contribution in [0.3, 0.4) is 0 Å². The van der Waals surface area contributed by atoms with Crippen LogP contribution in [0, 0.1) is 0 Å². The molecule has 0 spiro atoms. The molecule has 0 fully saturated rings. The normalized spacial score (nSPS) is 16.3. The fourth-order valence-corrected chi connectivity index (χ4v) is 2.84. The number of aromatic nitrogens is 1. The summed E-state index contributed by atoms with van der Waals surface area (Å²) >= 11 is 0. The average Bonchev–Trinajstić information content (AvgIpc) is 2.61. The summed E-state index contributed by atoms with van der Waals surface area (Å²) in [7, 11) is 0. The molecule has 5 heteroatoms. The Morgan fingerprint density at radius 3 is 2.91 bits per heavy atom. The Labute approximate surface area is 134 Å². The van der Waals surface area contributed by atoms with Gasteiger partial charge in [0.1, 0.15) is 0 Å². The van der Waals surface area contributed by atoms with Gasteiger partial charge >= 0.3 is 5.97 Å². The van der Waals surface area contributed by atoms with Crippen molar-refractivity contribution in [3.8, 4) is 0 Å². The first-order valence-corrected chi connectivity index (χ1v) is 7.68. The first kappa shape index (κ1) is 15.2. The molecule has 1 aliphatic rings. The lowest BCUT2D eigenvalue weighted by Crippen LogP contribution is -2.34. The number of carbonyl (C=O) groups excluding carboxylic acids is 2. The van der Waals surface area contributed by atoms with Crippen molar-refractivity contribution < 1.29 is 14.3 Å². The van der Waals surface area contributed by atoms with Gasteiger partial charge in [-0.2, -0.15) is 0 Å². The molecule has 2 aromatic rings. The van der Waals surface area contributed by atoms with Gasteiger partial charge in [0.05, 0.1) is 11.6 Å². The molecule has 0 unspecified atom stereocenters. The molecule has 1 aromatic heterocycles. The predicted molar refractivity (Wildman–Crippen MR) is 84.8 cm³/mol. The first-order valence-electron chi connectivity index (χ1n) is 7.68. The fraction of sp³-hybridized carbons (Fsp3) is 0.278. The van der Waals surface area contributed by atoms with Gasteiger partial charge in [-0.15, -0.1) is 0 Å². The van der Waals surface area contributed by atoms with E-state index in [1.807, 2.05) is 18.2 Å². The number of nitrogens with zero attached hydrogens (tertiary/aromatic N) is 1. The summed E-state index contributed by atoms with van der Waals surface area (Å²) in [4.78, 5) is 27.7. The smallest absolute Gasteiger partial charge is 0.340 e. The molecular formula is C18H18N2O3. The van der Waals surface area contributed by atoms with Crippen molar-refractivity contribution in [3.63, 3.8) is 0 Å². The van der Waals surface area contributed by atoms with Crippen molar-refractivity contribution in [2.75, 3.05) is 6.61 Å². The maximum absolute atomic E-state index is 12.1. The molecule has 0 saturated carbocycles. The van der Waals surface area contributed by atoms with Crippen LogP contribution < -0.4 is 5.32 Å². The van der Waals surface area contributed by atoms with Crippen LogP contribution >= 0.6 is 0 Å². The Balaban J connectivity index is 1.55. The molecule has 23 heavy (non-hydrogen) atoms. The highest BCUT2D eigenvalue weighted by Crippen LogP contribution is 2.29. The van der Waals surface area contributed by atoms with E-state index in [0.717, 1.165) is 24.8 Å². The highest BCUT2D eigenvalue weighted by atomic mass is 16.5. The zero-order valence-corrected chi connectivity index (χ0v) is 12.7. The number of hydrogen-bond acceptors (Lipinski definition) is 4. The lowest BCUT2D eigenvalue weighted by atomic mass is 9.88. The summed E-state index contributed by atoms with van der Waals surface area (Å²) in [5, 5.41) is 2.95. The summed E-state index contributed by atoms with van der Waals surface area (Å²) in [6.07, 6.45) is 5.97. The Hall–Kier alpha value is -2.69. The number of amides is 1. The van der Waals surface area contributed by atoms with Crippen LogP contribution in [0.25, 0.3) is 0 Å². The van der Waals surface area contributed by atoms with Gasteiger partial charge < -0.3 is 10.1 Å². The van der Waals surface area contributed by atoms with E-state index in [2.05, 4.69) is 16.4 Å². The van der Waals surface area contributed by atoms with Crippen LogP contribution in [0.4, 0.5) is 0 Å². The summed E-state index contributed by atoms with van der Waals surface area (Å²) in [5.74, 6) is -0.832. The topological polar surface area (TPSA) is 68.3 Å². The molecule has 0 saturated heterocycles. The molecule has 3 rings (SSSR count). The van der Waals surface area contributed by atoms with E-state index in [4.69, 9.17) is 4.74 Å². The number of nitrogens with one attached hydrogen (secondary N) is 1. The van der Waals surface area contributed by atoms with Crippen molar-refractivity contribution >= 4 is 11.9 Å². The highest BCUT2D eigenvalue weighted by molar-refractivity contribution is 5.91. The SMILES string of the molecule is O=C(COC(=O)c1cccnc1)N[C@@H]1CCCc2ccccc21. The van der Waals surface area contributed by atoms with Gasteiger partial charge in [0.15, 0.2) is 6.61 Å². The molecule has 118 valence electrons. The average molecular weight is 310 g/mol. The molecule has 0 radical (unpaired) electrons. The van der Waals surface area contributed by atoms with Crippen molar-refractivity contribution in [2.24, 2.45) is 0 Å². The number of ether oxygens (including phenoxy) is 1. The first-order chi connectivity index (χ1) is 11.2. The van der Waals surface area contributed by atoms with Crippen LogP contribution in [0.1, 0.15) is 40.4 Å². The summed E-state index contributed by atoms with van der Waals surface area (Å²) in [6, 6.07) is 11.4. The van der Waals surface area contributed by atoms with Gasteiger partial charge in [0.25, 0.3) is 5.91 Å². The van der Waals surface area contributed by atoms with Gasteiger partial charge in [-0.3, -0.25) is 9.78 Å². The van der Waals surface area contributed by atoms with Crippen molar-refractivity contribution in [1.29, 1.82) is 0 Å². The largest absolute Gasteiger partial charge is 0.452 e. The minimum absolute atomic E-state index is 0.00968. The Kier molecular flexibility index (Phi) is 4.66. The van der Waals surface area contributed by atoms with Crippen LogP contribution in [0.15, 0.2) is 48.8 Å². The van der Waals surface area contributed by atoms with E-state index in [0.29, 0.717) is 5.56 Å². The third-order valence-electron chi connectivity index (χ3n) is 3.94. The number of aryl methyl sites for hydroxylation is 1. The lowest BCUT2D eigenvalue weighted by Gasteiger charge is -2.26. The molecule has 0 aliphatic heterocycles. The zero-order chi connectivity index (χ0) is 16.1.